The van der Waals surface area contributed by atoms with Gasteiger partial charge >= 0.3 is 0 Å². The average molecular weight is 328 g/mol. The summed E-state index contributed by atoms with van der Waals surface area (Å²) in [6.45, 7) is 0.433. The van der Waals surface area contributed by atoms with Gasteiger partial charge in [-0.25, -0.2) is 0 Å². The summed E-state index contributed by atoms with van der Waals surface area (Å²) >= 11 is 12.0. The molecule has 0 saturated carbocycles. The molecule has 7 heteroatoms. The molecule has 0 radical (unpaired) electrons. The first-order valence-corrected chi connectivity index (χ1v) is 7.05. The van der Waals surface area contributed by atoms with Crippen molar-refractivity contribution in [3.8, 4) is 22.8 Å². The molecule has 0 unspecified atom stereocenters. The van der Waals surface area contributed by atoms with Crippen LogP contribution in [0.4, 0.5) is 5.88 Å². The molecule has 0 aliphatic carbocycles. The summed E-state index contributed by atoms with van der Waals surface area (Å²) in [5.74, 6) is -1.19. The van der Waals surface area contributed by atoms with E-state index in [-0.39, 0.29) is 17.6 Å². The zero-order valence-corrected chi connectivity index (χ0v) is 12.3. The van der Waals surface area contributed by atoms with Crippen LogP contribution in [0.1, 0.15) is 12.8 Å². The highest BCUT2D eigenvalue weighted by Crippen LogP contribution is 2.49. The molecule has 2 N–H and O–H groups in total. The number of aromatic hydroxyl groups is 2. The Morgan fingerprint density at radius 1 is 1.19 bits per heavy atom. The molecular formula is C14H11Cl2NO4. The zero-order valence-electron chi connectivity index (χ0n) is 10.8. The van der Waals surface area contributed by atoms with Crippen molar-refractivity contribution in [3.05, 3.63) is 28.2 Å². The summed E-state index contributed by atoms with van der Waals surface area (Å²) in [6.07, 6.45) is 1.06. The van der Waals surface area contributed by atoms with Gasteiger partial charge in [0.2, 0.25) is 23.3 Å². The van der Waals surface area contributed by atoms with Crippen molar-refractivity contribution in [2.24, 2.45) is 0 Å². The molecule has 1 aromatic heterocycles. The molecule has 21 heavy (non-hydrogen) atoms. The number of carbonyl (C=O) groups excluding carboxylic acids is 1. The summed E-state index contributed by atoms with van der Waals surface area (Å²) < 4.78 is 5.48. The summed E-state index contributed by atoms with van der Waals surface area (Å²) in [4.78, 5) is 13.0. The van der Waals surface area contributed by atoms with Gasteiger partial charge in [0.15, 0.2) is 5.76 Å². The van der Waals surface area contributed by atoms with Gasteiger partial charge in [0, 0.05) is 23.6 Å². The van der Waals surface area contributed by atoms with Crippen LogP contribution in [-0.4, -0.2) is 22.7 Å². The number of hydrogen-bond acceptors (Lipinski definition) is 4. The number of carbonyl (C=O) groups is 1. The van der Waals surface area contributed by atoms with Gasteiger partial charge in [-0.1, -0.05) is 23.2 Å². The second kappa shape index (κ2) is 5.16. The minimum absolute atomic E-state index is 0.0188. The third kappa shape index (κ3) is 2.32. The standard InChI is InChI=1S/C14H11Cl2NO4/c15-7-3-4-9(16)8(6-7)13-11(19)12(20)14(21-13)17-5-1-2-10(17)18/h3-4,6,19-20H,1-2,5H2. The molecule has 1 saturated heterocycles. The quantitative estimate of drug-likeness (QED) is 0.879. The maximum atomic E-state index is 11.7. The highest BCUT2D eigenvalue weighted by atomic mass is 35.5. The first-order chi connectivity index (χ1) is 9.99. The summed E-state index contributed by atoms with van der Waals surface area (Å²) in [5.41, 5.74) is 0.342. The molecule has 5 nitrogen and oxygen atoms in total. The number of nitrogens with zero attached hydrogens (tertiary/aromatic N) is 1. The smallest absolute Gasteiger partial charge is 0.249 e. The molecule has 1 aromatic carbocycles. The first-order valence-electron chi connectivity index (χ1n) is 6.29. The van der Waals surface area contributed by atoms with E-state index < -0.39 is 11.5 Å². The van der Waals surface area contributed by atoms with E-state index in [2.05, 4.69) is 0 Å². The first kappa shape index (κ1) is 14.1. The number of amides is 1. The Morgan fingerprint density at radius 2 is 1.95 bits per heavy atom. The summed E-state index contributed by atoms with van der Waals surface area (Å²) in [7, 11) is 0. The monoisotopic (exact) mass is 327 g/mol. The SMILES string of the molecule is O=C1CCCN1c1oc(-c2cc(Cl)ccc2Cl)c(O)c1O. The van der Waals surface area contributed by atoms with Crippen LogP contribution in [0.3, 0.4) is 0 Å². The van der Waals surface area contributed by atoms with E-state index in [0.717, 1.165) is 0 Å². The van der Waals surface area contributed by atoms with Gasteiger partial charge in [-0.2, -0.15) is 0 Å². The molecule has 110 valence electrons. The minimum atomic E-state index is -0.476. The number of rotatable bonds is 2. The van der Waals surface area contributed by atoms with Crippen molar-refractivity contribution in [3.63, 3.8) is 0 Å². The predicted molar refractivity (Wildman–Crippen MR) is 79.1 cm³/mol. The van der Waals surface area contributed by atoms with Crippen molar-refractivity contribution in [1.29, 1.82) is 0 Å². The van der Waals surface area contributed by atoms with Crippen LogP contribution in [0.25, 0.3) is 11.3 Å². The highest BCUT2D eigenvalue weighted by Gasteiger charge is 2.31. The van der Waals surface area contributed by atoms with E-state index in [1.54, 1.807) is 12.1 Å². The molecule has 1 aliphatic heterocycles. The molecule has 0 bridgehead atoms. The minimum Gasteiger partial charge on any atom is -0.502 e. The van der Waals surface area contributed by atoms with Gasteiger partial charge in [0.1, 0.15) is 0 Å². The third-order valence-corrected chi connectivity index (χ3v) is 3.90. The lowest BCUT2D eigenvalue weighted by molar-refractivity contribution is -0.117. The fraction of sp³-hybridized carbons (Fsp3) is 0.214. The van der Waals surface area contributed by atoms with E-state index >= 15 is 0 Å². The molecule has 2 heterocycles. The van der Waals surface area contributed by atoms with Crippen LogP contribution >= 0.6 is 23.2 Å². The number of halogens is 2. The molecule has 3 rings (SSSR count). The van der Waals surface area contributed by atoms with Crippen LogP contribution in [-0.2, 0) is 4.79 Å². The maximum absolute atomic E-state index is 11.7. The maximum Gasteiger partial charge on any atom is 0.249 e. The molecule has 1 aliphatic rings. The Labute approximate surface area is 130 Å². The Balaban J connectivity index is 2.12. The van der Waals surface area contributed by atoms with Crippen LogP contribution in [0.15, 0.2) is 22.6 Å². The van der Waals surface area contributed by atoms with Gasteiger partial charge in [0.05, 0.1) is 5.02 Å². The van der Waals surface area contributed by atoms with Crippen molar-refractivity contribution < 1.29 is 19.4 Å². The number of anilines is 1. The molecular weight excluding hydrogens is 317 g/mol. The van der Waals surface area contributed by atoms with Crippen LogP contribution in [0.5, 0.6) is 11.5 Å². The second-order valence-corrected chi connectivity index (χ2v) is 5.55. The molecule has 1 fully saturated rings. The van der Waals surface area contributed by atoms with E-state index in [4.69, 9.17) is 27.6 Å². The van der Waals surface area contributed by atoms with Gasteiger partial charge in [-0.3, -0.25) is 9.69 Å². The highest BCUT2D eigenvalue weighted by molar-refractivity contribution is 6.35. The lowest BCUT2D eigenvalue weighted by atomic mass is 10.1. The topological polar surface area (TPSA) is 73.9 Å². The lowest BCUT2D eigenvalue weighted by Gasteiger charge is -2.11. The normalized spacial score (nSPS) is 15.0. The van der Waals surface area contributed by atoms with Crippen molar-refractivity contribution in [1.82, 2.24) is 0 Å². The molecule has 0 spiro atoms. The third-order valence-electron chi connectivity index (χ3n) is 3.33. The van der Waals surface area contributed by atoms with E-state index in [0.29, 0.717) is 35.0 Å². The Morgan fingerprint density at radius 3 is 2.62 bits per heavy atom. The summed E-state index contributed by atoms with van der Waals surface area (Å²) in [6, 6.07) is 4.66. The largest absolute Gasteiger partial charge is 0.502 e. The molecule has 0 atom stereocenters. The fourth-order valence-corrected chi connectivity index (χ4v) is 2.68. The zero-order chi connectivity index (χ0) is 15.1. The number of furan rings is 1. The van der Waals surface area contributed by atoms with Gasteiger partial charge in [-0.15, -0.1) is 0 Å². The van der Waals surface area contributed by atoms with Gasteiger partial charge in [-0.05, 0) is 24.6 Å². The predicted octanol–water partition coefficient (Wildman–Crippen LogP) is 3.79. The van der Waals surface area contributed by atoms with E-state index in [1.807, 2.05) is 0 Å². The van der Waals surface area contributed by atoms with Crippen molar-refractivity contribution in [2.45, 2.75) is 12.8 Å². The number of hydrogen-bond donors (Lipinski definition) is 2. The average Bonchev–Trinajstić information content (AvgIpc) is 2.99. The van der Waals surface area contributed by atoms with E-state index in [1.165, 1.54) is 11.0 Å². The van der Waals surface area contributed by atoms with Crippen molar-refractivity contribution >= 4 is 35.0 Å². The fourth-order valence-electron chi connectivity index (χ4n) is 2.30. The Bertz CT molecular complexity index is 726. The van der Waals surface area contributed by atoms with Gasteiger partial charge < -0.3 is 14.6 Å². The second-order valence-electron chi connectivity index (χ2n) is 4.71. The molecule has 1 amide bonds. The van der Waals surface area contributed by atoms with Crippen molar-refractivity contribution in [2.75, 3.05) is 11.4 Å². The summed E-state index contributed by atoms with van der Waals surface area (Å²) in [5, 5.41) is 20.8. The number of benzene rings is 1. The van der Waals surface area contributed by atoms with E-state index in [9.17, 15) is 15.0 Å². The molecule has 2 aromatic rings. The Kier molecular flexibility index (Phi) is 3.47. The van der Waals surface area contributed by atoms with Crippen LogP contribution in [0.2, 0.25) is 10.0 Å². The Hall–Kier alpha value is -1.85. The van der Waals surface area contributed by atoms with Crippen LogP contribution in [0, 0.1) is 0 Å². The van der Waals surface area contributed by atoms with Crippen LogP contribution < -0.4 is 4.90 Å². The van der Waals surface area contributed by atoms with Gasteiger partial charge in [0.25, 0.3) is 0 Å². The lowest BCUT2D eigenvalue weighted by Crippen LogP contribution is -2.23.